The van der Waals surface area contributed by atoms with Gasteiger partial charge in [0.2, 0.25) is 0 Å². The van der Waals surface area contributed by atoms with Gasteiger partial charge in [0.15, 0.2) is 0 Å². The van der Waals surface area contributed by atoms with E-state index in [0.29, 0.717) is 0 Å². The lowest BCUT2D eigenvalue weighted by molar-refractivity contribution is 0.0587. The Morgan fingerprint density at radius 1 is 1.11 bits per heavy atom. The van der Waals surface area contributed by atoms with Gasteiger partial charge in [0, 0.05) is 6.04 Å². The Kier molecular flexibility index (Phi) is 5.97. The lowest BCUT2D eigenvalue weighted by Gasteiger charge is -2.44. The fraction of sp³-hybridized carbons (Fsp3) is 1.00. The van der Waals surface area contributed by atoms with Crippen molar-refractivity contribution >= 4 is 0 Å². The maximum atomic E-state index is 5.62. The Labute approximate surface area is 113 Å². The molecule has 2 heteroatoms. The lowest BCUT2D eigenvalue weighted by Crippen LogP contribution is -2.47. The highest BCUT2D eigenvalue weighted by atomic mass is 15.2. The third-order valence-electron chi connectivity index (χ3n) is 5.16. The van der Waals surface area contributed by atoms with Crippen LogP contribution in [0.5, 0.6) is 0 Å². The molecule has 18 heavy (non-hydrogen) atoms. The molecule has 0 bridgehead atoms. The molecule has 0 aromatic rings. The number of rotatable bonds is 6. The molecule has 2 aliphatic rings. The molecule has 1 aliphatic carbocycles. The zero-order valence-corrected chi connectivity index (χ0v) is 12.2. The number of hydrogen-bond acceptors (Lipinski definition) is 2. The molecule has 3 unspecified atom stereocenters. The normalized spacial score (nSPS) is 31.0. The molecular formula is C16H32N2. The maximum absolute atomic E-state index is 5.62. The monoisotopic (exact) mass is 252 g/mol. The lowest BCUT2D eigenvalue weighted by atomic mass is 9.78. The van der Waals surface area contributed by atoms with Crippen molar-refractivity contribution in [2.24, 2.45) is 17.6 Å². The van der Waals surface area contributed by atoms with Crippen LogP contribution < -0.4 is 5.73 Å². The third-order valence-corrected chi connectivity index (χ3v) is 5.16. The summed E-state index contributed by atoms with van der Waals surface area (Å²) in [7, 11) is 0. The van der Waals surface area contributed by atoms with Crippen molar-refractivity contribution in [1.29, 1.82) is 0 Å². The summed E-state index contributed by atoms with van der Waals surface area (Å²) in [6, 6.07) is 0.942. The average Bonchev–Trinajstić information content (AvgIpc) is 2.39. The third kappa shape index (κ3) is 3.96. The van der Waals surface area contributed by atoms with Crippen LogP contribution in [-0.4, -0.2) is 30.6 Å². The van der Waals surface area contributed by atoms with Crippen LogP contribution in [0.4, 0.5) is 0 Å². The average molecular weight is 252 g/mol. The summed E-state index contributed by atoms with van der Waals surface area (Å²) in [4.78, 5) is 2.82. The number of nitrogens with two attached hydrogens (primary N) is 1. The van der Waals surface area contributed by atoms with E-state index in [9.17, 15) is 0 Å². The van der Waals surface area contributed by atoms with Crippen molar-refractivity contribution in [2.45, 2.75) is 70.8 Å². The Bertz CT molecular complexity index is 227. The van der Waals surface area contributed by atoms with E-state index in [1.807, 2.05) is 0 Å². The summed E-state index contributed by atoms with van der Waals surface area (Å²) in [5.41, 5.74) is 5.62. The van der Waals surface area contributed by atoms with Crippen molar-refractivity contribution < 1.29 is 0 Å². The van der Waals surface area contributed by atoms with Crippen molar-refractivity contribution in [2.75, 3.05) is 19.6 Å². The Morgan fingerprint density at radius 2 is 1.89 bits per heavy atom. The first-order valence-corrected chi connectivity index (χ1v) is 8.25. The van der Waals surface area contributed by atoms with Crippen LogP contribution in [0.3, 0.4) is 0 Å². The van der Waals surface area contributed by atoms with E-state index in [0.717, 1.165) is 24.4 Å². The molecule has 2 nitrogen and oxygen atoms in total. The molecule has 1 saturated heterocycles. The first kappa shape index (κ1) is 14.3. The summed E-state index contributed by atoms with van der Waals surface area (Å²) >= 11 is 0. The molecule has 1 saturated carbocycles. The fourth-order valence-corrected chi connectivity index (χ4v) is 4.08. The van der Waals surface area contributed by atoms with Crippen molar-refractivity contribution in [3.63, 3.8) is 0 Å². The number of fused-ring (bicyclic) bond motifs is 1. The van der Waals surface area contributed by atoms with E-state index in [1.165, 1.54) is 70.9 Å². The standard InChI is InChI=1S/C16H32N2/c1-14(10-11-17)6-4-12-18-13-5-8-15-7-2-3-9-16(15)18/h14-16H,2-13,17H2,1H3. The topological polar surface area (TPSA) is 29.3 Å². The van der Waals surface area contributed by atoms with Crippen molar-refractivity contribution in [1.82, 2.24) is 4.90 Å². The minimum atomic E-state index is 0.821. The van der Waals surface area contributed by atoms with Crippen LogP contribution in [0.15, 0.2) is 0 Å². The molecular weight excluding hydrogens is 220 g/mol. The maximum Gasteiger partial charge on any atom is 0.0123 e. The second-order valence-corrected chi connectivity index (χ2v) is 6.61. The van der Waals surface area contributed by atoms with Gasteiger partial charge in [-0.25, -0.2) is 0 Å². The van der Waals surface area contributed by atoms with Crippen LogP contribution >= 0.6 is 0 Å². The van der Waals surface area contributed by atoms with Gasteiger partial charge in [-0.2, -0.15) is 0 Å². The molecule has 0 radical (unpaired) electrons. The smallest absolute Gasteiger partial charge is 0.0123 e. The van der Waals surface area contributed by atoms with Gasteiger partial charge >= 0.3 is 0 Å². The van der Waals surface area contributed by atoms with Crippen molar-refractivity contribution in [3.8, 4) is 0 Å². The number of piperidine rings is 1. The van der Waals surface area contributed by atoms with Gasteiger partial charge in [-0.1, -0.05) is 19.8 Å². The summed E-state index contributed by atoms with van der Waals surface area (Å²) < 4.78 is 0. The molecule has 2 N–H and O–H groups in total. The molecule has 106 valence electrons. The second kappa shape index (κ2) is 7.49. The van der Waals surface area contributed by atoms with E-state index in [2.05, 4.69) is 11.8 Å². The summed E-state index contributed by atoms with van der Waals surface area (Å²) in [5.74, 6) is 1.86. The van der Waals surface area contributed by atoms with Crippen LogP contribution in [-0.2, 0) is 0 Å². The van der Waals surface area contributed by atoms with Gasteiger partial charge in [0.1, 0.15) is 0 Å². The number of nitrogens with zero attached hydrogens (tertiary/aromatic N) is 1. The van der Waals surface area contributed by atoms with Gasteiger partial charge in [-0.05, 0) is 76.4 Å². The zero-order chi connectivity index (χ0) is 12.8. The second-order valence-electron chi connectivity index (χ2n) is 6.61. The minimum absolute atomic E-state index is 0.821. The molecule has 0 aromatic heterocycles. The molecule has 0 amide bonds. The van der Waals surface area contributed by atoms with E-state index in [1.54, 1.807) is 0 Å². The summed E-state index contributed by atoms with van der Waals surface area (Å²) in [5, 5.41) is 0. The Balaban J connectivity index is 1.70. The van der Waals surface area contributed by atoms with E-state index in [4.69, 9.17) is 5.73 Å². The molecule has 3 atom stereocenters. The number of hydrogen-bond donors (Lipinski definition) is 1. The SMILES string of the molecule is CC(CCN)CCCN1CCCC2CCCCC21. The summed E-state index contributed by atoms with van der Waals surface area (Å²) in [6.07, 6.45) is 12.8. The fourth-order valence-electron chi connectivity index (χ4n) is 4.08. The minimum Gasteiger partial charge on any atom is -0.330 e. The molecule has 1 aliphatic heterocycles. The highest BCUT2D eigenvalue weighted by Crippen LogP contribution is 2.35. The molecule has 0 aromatic carbocycles. The Hall–Kier alpha value is -0.0800. The number of likely N-dealkylation sites (tertiary alicyclic amines) is 1. The molecule has 2 fully saturated rings. The summed E-state index contributed by atoms with van der Waals surface area (Å²) in [6.45, 7) is 5.92. The predicted molar refractivity (Wildman–Crippen MR) is 78.6 cm³/mol. The van der Waals surface area contributed by atoms with E-state index >= 15 is 0 Å². The molecule has 0 spiro atoms. The largest absolute Gasteiger partial charge is 0.330 e. The van der Waals surface area contributed by atoms with Crippen LogP contribution in [0.1, 0.15) is 64.7 Å². The first-order chi connectivity index (χ1) is 8.81. The van der Waals surface area contributed by atoms with Crippen LogP contribution in [0.25, 0.3) is 0 Å². The Morgan fingerprint density at radius 3 is 2.72 bits per heavy atom. The van der Waals surface area contributed by atoms with Gasteiger partial charge in [-0.3, -0.25) is 0 Å². The van der Waals surface area contributed by atoms with Gasteiger partial charge in [-0.15, -0.1) is 0 Å². The highest BCUT2D eigenvalue weighted by Gasteiger charge is 2.32. The van der Waals surface area contributed by atoms with Crippen LogP contribution in [0, 0.1) is 11.8 Å². The first-order valence-electron chi connectivity index (χ1n) is 8.25. The molecule has 1 heterocycles. The van der Waals surface area contributed by atoms with E-state index in [-0.39, 0.29) is 0 Å². The van der Waals surface area contributed by atoms with Crippen LogP contribution in [0.2, 0.25) is 0 Å². The van der Waals surface area contributed by atoms with Gasteiger partial charge < -0.3 is 10.6 Å². The highest BCUT2D eigenvalue weighted by molar-refractivity contribution is 4.87. The van der Waals surface area contributed by atoms with E-state index < -0.39 is 0 Å². The van der Waals surface area contributed by atoms with Gasteiger partial charge in [0.05, 0.1) is 0 Å². The quantitative estimate of drug-likeness (QED) is 0.785. The zero-order valence-electron chi connectivity index (χ0n) is 12.2. The van der Waals surface area contributed by atoms with Crippen molar-refractivity contribution in [3.05, 3.63) is 0 Å². The molecule has 2 rings (SSSR count). The van der Waals surface area contributed by atoms with Gasteiger partial charge in [0.25, 0.3) is 0 Å². The predicted octanol–water partition coefficient (Wildman–Crippen LogP) is 3.41.